The van der Waals surface area contributed by atoms with Crippen molar-refractivity contribution in [1.82, 2.24) is 15.3 Å². The summed E-state index contributed by atoms with van der Waals surface area (Å²) in [7, 11) is 0. The highest BCUT2D eigenvalue weighted by atomic mass is 16.4. The number of amides is 1. The molecule has 0 fully saturated rings. The number of hydrogen-bond acceptors (Lipinski definition) is 3. The minimum atomic E-state index is -1.09. The lowest BCUT2D eigenvalue weighted by atomic mass is 10.1. The molecule has 0 aliphatic rings. The van der Waals surface area contributed by atoms with Gasteiger partial charge in [0.25, 0.3) is 0 Å². The molecule has 0 saturated carbocycles. The molecule has 90 valence electrons. The number of aromatic amines is 1. The van der Waals surface area contributed by atoms with Crippen LogP contribution in [0.25, 0.3) is 0 Å². The van der Waals surface area contributed by atoms with Crippen molar-refractivity contribution in [3.8, 4) is 12.3 Å². The van der Waals surface area contributed by atoms with Crippen molar-refractivity contribution in [3.05, 3.63) is 18.2 Å². The van der Waals surface area contributed by atoms with Crippen LogP contribution in [0.2, 0.25) is 0 Å². The predicted octanol–water partition coefficient (Wildman–Crippen LogP) is -0.0650. The summed E-state index contributed by atoms with van der Waals surface area (Å²) in [5, 5.41) is 11.4. The van der Waals surface area contributed by atoms with Gasteiger partial charge in [-0.3, -0.25) is 4.79 Å². The topological polar surface area (TPSA) is 95.1 Å². The van der Waals surface area contributed by atoms with Crippen LogP contribution in [0.5, 0.6) is 0 Å². The second kappa shape index (κ2) is 6.33. The van der Waals surface area contributed by atoms with E-state index in [1.54, 1.807) is 0 Å². The largest absolute Gasteiger partial charge is 0.480 e. The van der Waals surface area contributed by atoms with Crippen molar-refractivity contribution in [3.63, 3.8) is 0 Å². The zero-order valence-electron chi connectivity index (χ0n) is 9.14. The monoisotopic (exact) mass is 235 g/mol. The van der Waals surface area contributed by atoms with E-state index in [4.69, 9.17) is 11.5 Å². The minimum Gasteiger partial charge on any atom is -0.480 e. The molecular weight excluding hydrogens is 222 g/mol. The molecule has 0 aliphatic carbocycles. The van der Waals surface area contributed by atoms with Crippen LogP contribution in [-0.4, -0.2) is 33.0 Å². The average molecular weight is 235 g/mol. The van der Waals surface area contributed by atoms with Crippen LogP contribution in [0.4, 0.5) is 0 Å². The van der Waals surface area contributed by atoms with Crippen LogP contribution in [0, 0.1) is 12.3 Å². The molecule has 0 aliphatic heterocycles. The van der Waals surface area contributed by atoms with E-state index in [2.05, 4.69) is 21.2 Å². The summed E-state index contributed by atoms with van der Waals surface area (Å²) < 4.78 is 0. The highest BCUT2D eigenvalue weighted by molar-refractivity contribution is 5.83. The molecule has 0 saturated heterocycles. The molecule has 6 heteroatoms. The first kappa shape index (κ1) is 12.8. The Bertz CT molecular complexity index is 420. The zero-order valence-corrected chi connectivity index (χ0v) is 9.14. The van der Waals surface area contributed by atoms with Gasteiger partial charge in [0, 0.05) is 31.2 Å². The first-order valence-corrected chi connectivity index (χ1v) is 5.06. The van der Waals surface area contributed by atoms with Crippen LogP contribution >= 0.6 is 0 Å². The smallest absolute Gasteiger partial charge is 0.326 e. The Morgan fingerprint density at radius 3 is 2.94 bits per heavy atom. The number of carbonyl (C=O) groups is 2. The fourth-order valence-electron chi connectivity index (χ4n) is 1.27. The van der Waals surface area contributed by atoms with Crippen LogP contribution in [0.3, 0.4) is 0 Å². The number of terminal acetylenes is 1. The number of imidazole rings is 1. The van der Waals surface area contributed by atoms with Gasteiger partial charge < -0.3 is 15.4 Å². The van der Waals surface area contributed by atoms with Crippen LogP contribution < -0.4 is 5.32 Å². The lowest BCUT2D eigenvalue weighted by Crippen LogP contribution is -2.42. The standard InChI is InChI=1S/C11H13N3O3/c1-2-3-4-10(15)14-9(11(16)17)5-8-6-12-7-13-8/h1,6-7,9H,3-5H2,(H,12,13)(H,14,15)(H,16,17)/t9-/m0/s1. The summed E-state index contributed by atoms with van der Waals surface area (Å²) in [5.74, 6) is 0.867. The molecule has 3 N–H and O–H groups in total. The van der Waals surface area contributed by atoms with Crippen molar-refractivity contribution >= 4 is 11.9 Å². The van der Waals surface area contributed by atoms with E-state index in [-0.39, 0.29) is 18.7 Å². The summed E-state index contributed by atoms with van der Waals surface area (Å²) >= 11 is 0. The van der Waals surface area contributed by atoms with E-state index in [9.17, 15) is 9.59 Å². The first-order valence-electron chi connectivity index (χ1n) is 5.06. The number of carboxylic acid groups (broad SMARTS) is 1. The van der Waals surface area contributed by atoms with E-state index in [1.165, 1.54) is 12.5 Å². The van der Waals surface area contributed by atoms with Crippen molar-refractivity contribution in [2.45, 2.75) is 25.3 Å². The molecule has 0 radical (unpaired) electrons. The van der Waals surface area contributed by atoms with E-state index in [1.807, 2.05) is 0 Å². The second-order valence-electron chi connectivity index (χ2n) is 3.44. The van der Waals surface area contributed by atoms with Gasteiger partial charge in [0.2, 0.25) is 5.91 Å². The van der Waals surface area contributed by atoms with Crippen molar-refractivity contribution in [2.24, 2.45) is 0 Å². The molecule has 1 aromatic rings. The molecule has 0 bridgehead atoms. The van der Waals surface area contributed by atoms with E-state index >= 15 is 0 Å². The molecular formula is C11H13N3O3. The summed E-state index contributed by atoms with van der Waals surface area (Å²) in [5.41, 5.74) is 0.648. The number of H-pyrrole nitrogens is 1. The minimum absolute atomic E-state index is 0.128. The SMILES string of the molecule is C#CCCC(=O)N[C@@H](Cc1cnc[nH]1)C(=O)O. The van der Waals surface area contributed by atoms with Gasteiger partial charge in [0.05, 0.1) is 6.33 Å². The van der Waals surface area contributed by atoms with E-state index in [0.29, 0.717) is 12.1 Å². The normalized spacial score (nSPS) is 11.5. The number of nitrogens with zero attached hydrogens (tertiary/aromatic N) is 1. The highest BCUT2D eigenvalue weighted by Gasteiger charge is 2.20. The third kappa shape index (κ3) is 4.38. The maximum absolute atomic E-state index is 11.3. The molecule has 17 heavy (non-hydrogen) atoms. The van der Waals surface area contributed by atoms with Crippen LogP contribution in [0.1, 0.15) is 18.5 Å². The molecule has 1 heterocycles. The van der Waals surface area contributed by atoms with Gasteiger partial charge in [-0.1, -0.05) is 0 Å². The molecule has 0 unspecified atom stereocenters. The summed E-state index contributed by atoms with van der Waals surface area (Å²) in [6.07, 6.45) is 8.57. The Kier molecular flexibility index (Phi) is 4.76. The second-order valence-corrected chi connectivity index (χ2v) is 3.44. The lowest BCUT2D eigenvalue weighted by molar-refractivity contribution is -0.141. The van der Waals surface area contributed by atoms with Gasteiger partial charge >= 0.3 is 5.97 Å². The zero-order chi connectivity index (χ0) is 12.7. The molecule has 1 aromatic heterocycles. The number of hydrogen-bond donors (Lipinski definition) is 3. The summed E-state index contributed by atoms with van der Waals surface area (Å²) in [6, 6.07) is -0.972. The van der Waals surface area contributed by atoms with Gasteiger partial charge in [-0.05, 0) is 0 Å². The molecule has 0 aromatic carbocycles. The number of aliphatic carboxylic acids is 1. The Morgan fingerprint density at radius 2 is 2.41 bits per heavy atom. The summed E-state index contributed by atoms with van der Waals surface area (Å²) in [4.78, 5) is 28.9. The number of rotatable bonds is 6. The van der Waals surface area contributed by atoms with Gasteiger partial charge in [-0.15, -0.1) is 12.3 Å². The van der Waals surface area contributed by atoms with Crippen molar-refractivity contribution in [1.29, 1.82) is 0 Å². The lowest BCUT2D eigenvalue weighted by Gasteiger charge is -2.12. The highest BCUT2D eigenvalue weighted by Crippen LogP contribution is 2.00. The number of nitrogens with one attached hydrogen (secondary N) is 2. The van der Waals surface area contributed by atoms with Crippen molar-refractivity contribution in [2.75, 3.05) is 0 Å². The Labute approximate surface area is 98.4 Å². The maximum Gasteiger partial charge on any atom is 0.326 e. The third-order valence-corrected chi connectivity index (χ3v) is 2.11. The fourth-order valence-corrected chi connectivity index (χ4v) is 1.27. The van der Waals surface area contributed by atoms with Gasteiger partial charge in [0.1, 0.15) is 6.04 Å². The number of carboxylic acids is 1. The Morgan fingerprint density at radius 1 is 1.65 bits per heavy atom. The fraction of sp³-hybridized carbons (Fsp3) is 0.364. The summed E-state index contributed by atoms with van der Waals surface area (Å²) in [6.45, 7) is 0. The van der Waals surface area contributed by atoms with E-state index < -0.39 is 12.0 Å². The van der Waals surface area contributed by atoms with Gasteiger partial charge in [-0.2, -0.15) is 0 Å². The Hall–Kier alpha value is -2.29. The molecule has 1 atom stereocenters. The number of carbonyl (C=O) groups excluding carboxylic acids is 1. The molecule has 0 spiro atoms. The Balaban J connectivity index is 2.52. The van der Waals surface area contributed by atoms with E-state index in [0.717, 1.165) is 0 Å². The van der Waals surface area contributed by atoms with Crippen LogP contribution in [-0.2, 0) is 16.0 Å². The number of aromatic nitrogens is 2. The quantitative estimate of drug-likeness (QED) is 0.602. The van der Waals surface area contributed by atoms with Crippen molar-refractivity contribution < 1.29 is 14.7 Å². The molecule has 1 rings (SSSR count). The average Bonchev–Trinajstić information content (AvgIpc) is 2.78. The van der Waals surface area contributed by atoms with Crippen LogP contribution in [0.15, 0.2) is 12.5 Å². The van der Waals surface area contributed by atoms with Gasteiger partial charge in [0.15, 0.2) is 0 Å². The third-order valence-electron chi connectivity index (χ3n) is 2.11. The molecule has 1 amide bonds. The predicted molar refractivity (Wildman–Crippen MR) is 59.9 cm³/mol. The maximum atomic E-state index is 11.3. The molecule has 6 nitrogen and oxygen atoms in total. The van der Waals surface area contributed by atoms with Gasteiger partial charge in [-0.25, -0.2) is 9.78 Å². The first-order chi connectivity index (χ1) is 8.13.